The Kier molecular flexibility index (Phi) is 3.92. The van der Waals surface area contributed by atoms with Gasteiger partial charge in [0, 0.05) is 6.07 Å². The summed E-state index contributed by atoms with van der Waals surface area (Å²) in [7, 11) is 1.40. The van der Waals surface area contributed by atoms with Crippen molar-refractivity contribution in [3.8, 4) is 5.75 Å². The fourth-order valence-electron chi connectivity index (χ4n) is 2.36. The van der Waals surface area contributed by atoms with Crippen LogP contribution in [0.1, 0.15) is 13.8 Å². The summed E-state index contributed by atoms with van der Waals surface area (Å²) in [5.41, 5.74) is 0.410. The third-order valence-electron chi connectivity index (χ3n) is 3.26. The fraction of sp³-hybridized carbons (Fsp3) is 0.429. The lowest BCUT2D eigenvalue weighted by molar-refractivity contribution is -0.131. The van der Waals surface area contributed by atoms with Crippen molar-refractivity contribution in [3.05, 3.63) is 24.0 Å². The topological polar surface area (TPSA) is 58.6 Å². The van der Waals surface area contributed by atoms with Crippen LogP contribution in [-0.2, 0) is 9.59 Å². The molecular formula is C14H17FN2O3. The molecule has 0 bridgehead atoms. The number of amides is 2. The van der Waals surface area contributed by atoms with E-state index in [0.29, 0.717) is 5.69 Å². The first kappa shape index (κ1) is 14.3. The minimum Gasteiger partial charge on any atom is -0.494 e. The predicted octanol–water partition coefficient (Wildman–Crippen LogP) is 1.32. The summed E-state index contributed by atoms with van der Waals surface area (Å²) < 4.78 is 18.4. The first-order valence-electron chi connectivity index (χ1n) is 6.39. The minimum absolute atomic E-state index is 0.0669. The molecule has 1 saturated heterocycles. The second-order valence-electron chi connectivity index (χ2n) is 4.99. The van der Waals surface area contributed by atoms with E-state index in [1.807, 2.05) is 13.8 Å². The van der Waals surface area contributed by atoms with Gasteiger partial charge in [0.25, 0.3) is 0 Å². The first-order valence-corrected chi connectivity index (χ1v) is 6.39. The highest BCUT2D eigenvalue weighted by atomic mass is 19.1. The Morgan fingerprint density at radius 3 is 2.70 bits per heavy atom. The van der Waals surface area contributed by atoms with Crippen molar-refractivity contribution in [2.75, 3.05) is 18.6 Å². The van der Waals surface area contributed by atoms with Gasteiger partial charge < -0.3 is 10.1 Å². The van der Waals surface area contributed by atoms with Crippen molar-refractivity contribution in [2.45, 2.75) is 19.9 Å². The molecule has 0 spiro atoms. The molecule has 1 fully saturated rings. The van der Waals surface area contributed by atoms with Gasteiger partial charge in [0.15, 0.2) is 0 Å². The second-order valence-corrected chi connectivity index (χ2v) is 4.99. The van der Waals surface area contributed by atoms with Gasteiger partial charge in [0.1, 0.15) is 17.6 Å². The van der Waals surface area contributed by atoms with Crippen LogP contribution in [-0.4, -0.2) is 31.5 Å². The van der Waals surface area contributed by atoms with E-state index in [1.165, 1.54) is 30.2 Å². The molecule has 1 aromatic carbocycles. The van der Waals surface area contributed by atoms with E-state index in [4.69, 9.17) is 4.74 Å². The lowest BCUT2D eigenvalue weighted by atomic mass is 9.98. The number of hydrogen-bond acceptors (Lipinski definition) is 3. The van der Waals surface area contributed by atoms with Gasteiger partial charge in [-0.3, -0.25) is 14.5 Å². The molecule has 1 atom stereocenters. The molecule has 1 unspecified atom stereocenters. The van der Waals surface area contributed by atoms with Crippen LogP contribution in [0.25, 0.3) is 0 Å². The van der Waals surface area contributed by atoms with Crippen LogP contribution in [0.2, 0.25) is 0 Å². The lowest BCUT2D eigenvalue weighted by Gasteiger charge is -2.37. The van der Waals surface area contributed by atoms with Gasteiger partial charge in [0.05, 0.1) is 19.3 Å². The molecule has 1 aliphatic heterocycles. The fourth-order valence-corrected chi connectivity index (χ4v) is 2.36. The molecule has 0 aromatic heterocycles. The van der Waals surface area contributed by atoms with Crippen molar-refractivity contribution in [1.82, 2.24) is 5.32 Å². The zero-order valence-electron chi connectivity index (χ0n) is 11.6. The quantitative estimate of drug-likeness (QED) is 0.908. The number of carbonyl (C=O) groups is 2. The zero-order valence-corrected chi connectivity index (χ0v) is 11.6. The van der Waals surface area contributed by atoms with Crippen molar-refractivity contribution in [1.29, 1.82) is 0 Å². The van der Waals surface area contributed by atoms with Crippen LogP contribution >= 0.6 is 0 Å². The SMILES string of the molecule is COc1cc(F)ccc1N1C(=O)CNC(=O)C1C(C)C. The van der Waals surface area contributed by atoms with Gasteiger partial charge in [-0.2, -0.15) is 0 Å². The summed E-state index contributed by atoms with van der Waals surface area (Å²) in [5, 5.41) is 2.57. The predicted molar refractivity (Wildman–Crippen MR) is 72.1 cm³/mol. The second kappa shape index (κ2) is 5.48. The van der Waals surface area contributed by atoms with E-state index in [-0.39, 0.29) is 30.0 Å². The van der Waals surface area contributed by atoms with E-state index in [1.54, 1.807) is 0 Å². The molecular weight excluding hydrogens is 263 g/mol. The van der Waals surface area contributed by atoms with Gasteiger partial charge >= 0.3 is 0 Å². The number of piperazine rings is 1. The van der Waals surface area contributed by atoms with E-state index < -0.39 is 11.9 Å². The molecule has 6 heteroatoms. The van der Waals surface area contributed by atoms with Crippen LogP contribution in [0.15, 0.2) is 18.2 Å². The molecule has 108 valence electrons. The lowest BCUT2D eigenvalue weighted by Crippen LogP contribution is -2.60. The summed E-state index contributed by atoms with van der Waals surface area (Å²) in [6.07, 6.45) is 0. The van der Waals surface area contributed by atoms with Crippen LogP contribution in [0.4, 0.5) is 10.1 Å². The highest BCUT2D eigenvalue weighted by Gasteiger charge is 2.38. The zero-order chi connectivity index (χ0) is 14.9. The summed E-state index contributed by atoms with van der Waals surface area (Å²) in [5.74, 6) is -0.757. The Morgan fingerprint density at radius 2 is 2.10 bits per heavy atom. The van der Waals surface area contributed by atoms with Gasteiger partial charge in [-0.25, -0.2) is 4.39 Å². The Hall–Kier alpha value is -2.11. The number of anilines is 1. The van der Waals surface area contributed by atoms with Crippen molar-refractivity contribution in [3.63, 3.8) is 0 Å². The number of ether oxygens (including phenoxy) is 1. The monoisotopic (exact) mass is 280 g/mol. The Bertz CT molecular complexity index is 545. The summed E-state index contributed by atoms with van der Waals surface area (Å²) >= 11 is 0. The van der Waals surface area contributed by atoms with Gasteiger partial charge in [-0.05, 0) is 18.1 Å². The summed E-state index contributed by atoms with van der Waals surface area (Å²) in [6.45, 7) is 3.64. The van der Waals surface area contributed by atoms with E-state index in [9.17, 15) is 14.0 Å². The molecule has 2 amide bonds. The summed E-state index contributed by atoms with van der Waals surface area (Å²) in [4.78, 5) is 25.6. The minimum atomic E-state index is -0.629. The maximum atomic E-state index is 13.3. The molecule has 5 nitrogen and oxygen atoms in total. The highest BCUT2D eigenvalue weighted by Crippen LogP contribution is 2.33. The molecule has 20 heavy (non-hydrogen) atoms. The number of rotatable bonds is 3. The van der Waals surface area contributed by atoms with Gasteiger partial charge in [-0.15, -0.1) is 0 Å². The molecule has 1 aliphatic rings. The molecule has 0 aliphatic carbocycles. The first-order chi connectivity index (χ1) is 9.45. The van der Waals surface area contributed by atoms with Gasteiger partial charge in [0.2, 0.25) is 11.8 Å². The number of nitrogens with zero attached hydrogens (tertiary/aromatic N) is 1. The number of hydrogen-bond donors (Lipinski definition) is 1. The van der Waals surface area contributed by atoms with Crippen molar-refractivity contribution in [2.24, 2.45) is 5.92 Å². The largest absolute Gasteiger partial charge is 0.494 e. The van der Waals surface area contributed by atoms with Crippen molar-refractivity contribution < 1.29 is 18.7 Å². The maximum absolute atomic E-state index is 13.3. The van der Waals surface area contributed by atoms with Crippen LogP contribution in [0, 0.1) is 11.7 Å². The molecule has 1 aromatic rings. The van der Waals surface area contributed by atoms with Crippen LogP contribution in [0.5, 0.6) is 5.75 Å². The highest BCUT2D eigenvalue weighted by molar-refractivity contribution is 6.07. The number of methoxy groups -OCH3 is 1. The summed E-state index contributed by atoms with van der Waals surface area (Å²) in [6, 6.07) is 3.28. The maximum Gasteiger partial charge on any atom is 0.247 e. The third-order valence-corrected chi connectivity index (χ3v) is 3.26. The number of carbonyl (C=O) groups excluding carboxylic acids is 2. The Balaban J connectivity index is 2.51. The van der Waals surface area contributed by atoms with E-state index >= 15 is 0 Å². The Morgan fingerprint density at radius 1 is 1.40 bits per heavy atom. The van der Waals surface area contributed by atoms with E-state index in [0.717, 1.165) is 0 Å². The molecule has 0 saturated carbocycles. The van der Waals surface area contributed by atoms with Crippen LogP contribution in [0.3, 0.4) is 0 Å². The molecule has 2 rings (SSSR count). The average Bonchev–Trinajstić information content (AvgIpc) is 2.40. The smallest absolute Gasteiger partial charge is 0.247 e. The number of nitrogens with one attached hydrogen (secondary N) is 1. The van der Waals surface area contributed by atoms with Crippen molar-refractivity contribution >= 4 is 17.5 Å². The van der Waals surface area contributed by atoms with Crippen LogP contribution < -0.4 is 15.0 Å². The molecule has 1 N–H and O–H groups in total. The molecule has 0 radical (unpaired) electrons. The molecule has 1 heterocycles. The standard InChI is InChI=1S/C14H17FN2O3/c1-8(2)13-14(19)16-7-12(18)17(13)10-5-4-9(15)6-11(10)20-3/h4-6,8,13H,7H2,1-3H3,(H,16,19). The normalized spacial score (nSPS) is 19.2. The van der Waals surface area contributed by atoms with Gasteiger partial charge in [-0.1, -0.05) is 13.8 Å². The third kappa shape index (κ3) is 2.45. The number of halogens is 1. The Labute approximate surface area is 116 Å². The average molecular weight is 280 g/mol. The van der Waals surface area contributed by atoms with E-state index in [2.05, 4.69) is 5.32 Å². The number of benzene rings is 1.